The average molecular weight is 300 g/mol. The number of halogens is 1. The summed E-state index contributed by atoms with van der Waals surface area (Å²) in [6, 6.07) is 6.19. The highest BCUT2D eigenvalue weighted by Gasteiger charge is 1.94. The van der Waals surface area contributed by atoms with Crippen molar-refractivity contribution in [3.8, 4) is 0 Å². The molecule has 0 atom stereocenters. The van der Waals surface area contributed by atoms with Crippen LogP contribution in [0.25, 0.3) is 0 Å². The van der Waals surface area contributed by atoms with Crippen LogP contribution in [0.5, 0.6) is 0 Å². The molecule has 3 heteroatoms. The van der Waals surface area contributed by atoms with E-state index in [-0.39, 0.29) is 5.91 Å². The second kappa shape index (κ2) is 13.0. The van der Waals surface area contributed by atoms with Crippen molar-refractivity contribution in [2.45, 2.75) is 60.8 Å². The van der Waals surface area contributed by atoms with E-state index in [0.717, 1.165) is 22.9 Å². The van der Waals surface area contributed by atoms with E-state index in [9.17, 15) is 4.79 Å². The van der Waals surface area contributed by atoms with Gasteiger partial charge in [-0.25, -0.2) is 0 Å². The first-order valence-electron chi connectivity index (χ1n) is 7.29. The molecule has 1 aromatic carbocycles. The lowest BCUT2D eigenvalue weighted by Gasteiger charge is -1.99. The van der Waals surface area contributed by atoms with Gasteiger partial charge in [0.25, 0.3) is 0 Å². The van der Waals surface area contributed by atoms with Crippen molar-refractivity contribution in [2.75, 3.05) is 0 Å². The molecule has 0 aromatic heterocycles. The van der Waals surface area contributed by atoms with Crippen molar-refractivity contribution < 1.29 is 4.79 Å². The molecule has 1 rings (SSSR count). The largest absolute Gasteiger partial charge is 0.370 e. The van der Waals surface area contributed by atoms with Crippen LogP contribution in [0.1, 0.15) is 58.6 Å². The van der Waals surface area contributed by atoms with Gasteiger partial charge in [0.15, 0.2) is 0 Å². The highest BCUT2D eigenvalue weighted by molar-refractivity contribution is 6.31. The number of carbonyl (C=O) groups excluding carboxylic acids is 1. The fraction of sp³-hybridized carbons (Fsp3) is 0.588. The maximum atomic E-state index is 9.22. The van der Waals surface area contributed by atoms with Gasteiger partial charge in [0, 0.05) is 11.9 Å². The quantitative estimate of drug-likeness (QED) is 0.824. The molecule has 0 bridgehead atoms. The van der Waals surface area contributed by atoms with Crippen LogP contribution in [0.3, 0.4) is 0 Å². The van der Waals surface area contributed by atoms with Gasteiger partial charge >= 0.3 is 0 Å². The minimum atomic E-state index is -0.333. The summed E-state index contributed by atoms with van der Waals surface area (Å²) in [5.74, 6) is 0.602. The summed E-state index contributed by atoms with van der Waals surface area (Å²) in [6.45, 7) is 12.2. The van der Waals surface area contributed by atoms with Gasteiger partial charge in [-0.1, -0.05) is 64.3 Å². The fourth-order valence-electron chi connectivity index (χ4n) is 1.14. The Bertz CT molecular complexity index is 369. The minimum Gasteiger partial charge on any atom is -0.370 e. The van der Waals surface area contributed by atoms with E-state index in [2.05, 4.69) is 45.6 Å². The van der Waals surface area contributed by atoms with Crippen molar-refractivity contribution in [1.82, 2.24) is 0 Å². The Morgan fingerprint density at radius 3 is 1.95 bits per heavy atom. The molecule has 1 aromatic rings. The number of hydrogen-bond acceptors (Lipinski definition) is 1. The topological polar surface area (TPSA) is 43.1 Å². The number of nitrogens with two attached hydrogens (primary N) is 1. The smallest absolute Gasteiger partial charge is 0.214 e. The SMILES string of the molecule is CC(N)=O.CCC(C)CC.CCc1ccc(C)c(Cl)c1. The standard InChI is InChI=1S/C9H11Cl.C6H14.C2H5NO/c1-3-8-5-4-7(2)9(10)6-8;1-4-6(3)5-2;1-2(3)4/h4-6H,3H2,1-2H3;6H,4-5H2,1-3H3;1H3,(H2,3,4). The van der Waals surface area contributed by atoms with Crippen molar-refractivity contribution in [1.29, 1.82) is 0 Å². The lowest BCUT2D eigenvalue weighted by Crippen LogP contribution is -2.01. The van der Waals surface area contributed by atoms with Gasteiger partial charge in [-0.3, -0.25) is 4.79 Å². The number of carbonyl (C=O) groups is 1. The number of primary amides is 1. The van der Waals surface area contributed by atoms with Gasteiger partial charge in [-0.15, -0.1) is 0 Å². The first kappa shape index (κ1) is 21.3. The average Bonchev–Trinajstić information content (AvgIpc) is 2.41. The summed E-state index contributed by atoms with van der Waals surface area (Å²) in [5.41, 5.74) is 6.93. The minimum absolute atomic E-state index is 0.333. The molecule has 0 aliphatic carbocycles. The zero-order valence-electron chi connectivity index (χ0n) is 13.8. The first-order valence-corrected chi connectivity index (χ1v) is 7.67. The monoisotopic (exact) mass is 299 g/mol. The normalized spacial score (nSPS) is 9.20. The molecule has 0 radical (unpaired) electrons. The van der Waals surface area contributed by atoms with E-state index >= 15 is 0 Å². The van der Waals surface area contributed by atoms with Gasteiger partial charge in [0.2, 0.25) is 5.91 Å². The molecule has 0 aliphatic heterocycles. The van der Waals surface area contributed by atoms with Crippen molar-refractivity contribution >= 4 is 17.5 Å². The maximum Gasteiger partial charge on any atom is 0.214 e. The number of amides is 1. The molecule has 116 valence electrons. The molecule has 0 saturated carbocycles. The molecule has 1 amide bonds. The number of benzene rings is 1. The summed E-state index contributed by atoms with van der Waals surface area (Å²) in [7, 11) is 0. The predicted molar refractivity (Wildman–Crippen MR) is 90.2 cm³/mol. The van der Waals surface area contributed by atoms with Crippen molar-refractivity contribution in [2.24, 2.45) is 11.7 Å². The molecule has 2 nitrogen and oxygen atoms in total. The summed E-state index contributed by atoms with van der Waals surface area (Å²) >= 11 is 5.89. The van der Waals surface area contributed by atoms with Crippen LogP contribution in [0, 0.1) is 12.8 Å². The van der Waals surface area contributed by atoms with E-state index in [1.165, 1.54) is 25.3 Å². The van der Waals surface area contributed by atoms with Gasteiger partial charge < -0.3 is 5.73 Å². The number of aryl methyl sites for hydroxylation is 2. The van der Waals surface area contributed by atoms with Gasteiger partial charge in [0.05, 0.1) is 0 Å². The molecule has 0 unspecified atom stereocenters. The van der Waals surface area contributed by atoms with E-state index in [1.807, 2.05) is 13.0 Å². The highest BCUT2D eigenvalue weighted by Crippen LogP contribution is 2.16. The third kappa shape index (κ3) is 13.4. The number of hydrogen-bond donors (Lipinski definition) is 1. The lowest BCUT2D eigenvalue weighted by atomic mass is 10.1. The Hall–Kier alpha value is -1.02. The maximum absolute atomic E-state index is 9.22. The third-order valence-corrected chi connectivity index (χ3v) is 3.45. The Balaban J connectivity index is 0. The van der Waals surface area contributed by atoms with E-state index < -0.39 is 0 Å². The third-order valence-electron chi connectivity index (χ3n) is 3.04. The van der Waals surface area contributed by atoms with Crippen LogP contribution < -0.4 is 5.73 Å². The second-order valence-electron chi connectivity index (χ2n) is 4.97. The van der Waals surface area contributed by atoms with Crippen LogP contribution >= 0.6 is 11.6 Å². The summed E-state index contributed by atoms with van der Waals surface area (Å²) in [6.07, 6.45) is 3.72. The molecule has 0 aliphatic rings. The Morgan fingerprint density at radius 2 is 1.70 bits per heavy atom. The van der Waals surface area contributed by atoms with E-state index in [4.69, 9.17) is 11.6 Å². The van der Waals surface area contributed by atoms with E-state index in [1.54, 1.807) is 0 Å². The lowest BCUT2D eigenvalue weighted by molar-refractivity contribution is -0.115. The summed E-state index contributed by atoms with van der Waals surface area (Å²) in [5, 5.41) is 0.874. The Labute approximate surface area is 129 Å². The molecule has 0 fully saturated rings. The molecule has 0 spiro atoms. The van der Waals surface area contributed by atoms with E-state index in [0.29, 0.717) is 0 Å². The van der Waals surface area contributed by atoms with Gasteiger partial charge in [0.1, 0.15) is 0 Å². The van der Waals surface area contributed by atoms with Crippen LogP contribution in [-0.2, 0) is 11.2 Å². The first-order chi connectivity index (χ1) is 9.28. The van der Waals surface area contributed by atoms with Crippen molar-refractivity contribution in [3.63, 3.8) is 0 Å². The number of rotatable bonds is 3. The highest BCUT2D eigenvalue weighted by atomic mass is 35.5. The zero-order valence-corrected chi connectivity index (χ0v) is 14.6. The zero-order chi connectivity index (χ0) is 16.1. The van der Waals surface area contributed by atoms with Crippen molar-refractivity contribution in [3.05, 3.63) is 34.3 Å². The molecule has 0 heterocycles. The molecular weight excluding hydrogens is 270 g/mol. The Morgan fingerprint density at radius 1 is 1.25 bits per heavy atom. The van der Waals surface area contributed by atoms with Gasteiger partial charge in [-0.2, -0.15) is 0 Å². The fourth-order valence-corrected chi connectivity index (χ4v) is 1.35. The summed E-state index contributed by atoms with van der Waals surface area (Å²) < 4.78 is 0. The van der Waals surface area contributed by atoms with Crippen LogP contribution in [0.4, 0.5) is 0 Å². The predicted octanol–water partition coefficient (Wildman–Crippen LogP) is 5.14. The van der Waals surface area contributed by atoms with Gasteiger partial charge in [-0.05, 0) is 36.5 Å². The molecular formula is C17H30ClNO. The van der Waals surface area contributed by atoms with Crippen LogP contribution in [0.2, 0.25) is 5.02 Å². The Kier molecular flexibility index (Phi) is 13.8. The molecule has 0 saturated heterocycles. The van der Waals surface area contributed by atoms with Crippen LogP contribution in [-0.4, -0.2) is 5.91 Å². The van der Waals surface area contributed by atoms with Crippen LogP contribution in [0.15, 0.2) is 18.2 Å². The second-order valence-corrected chi connectivity index (χ2v) is 5.38. The summed E-state index contributed by atoms with van der Waals surface area (Å²) in [4.78, 5) is 9.22. The molecule has 2 N–H and O–H groups in total. The molecule has 20 heavy (non-hydrogen) atoms.